The maximum atomic E-state index is 12.3. The summed E-state index contributed by atoms with van der Waals surface area (Å²) in [5.41, 5.74) is 5.84. The van der Waals surface area contributed by atoms with Crippen LogP contribution in [0.2, 0.25) is 0 Å². The third-order valence-corrected chi connectivity index (χ3v) is 5.18. The molecule has 9 heteroatoms. The summed E-state index contributed by atoms with van der Waals surface area (Å²) in [7, 11) is 3.77. The Hall–Kier alpha value is -2.00. The van der Waals surface area contributed by atoms with Crippen LogP contribution >= 0.6 is 0 Å². The zero-order chi connectivity index (χ0) is 18.8. The van der Waals surface area contributed by atoms with Crippen LogP contribution in [0.5, 0.6) is 0 Å². The number of nitrogens with one attached hydrogen (secondary N) is 1. The molecule has 3 N–H and O–H groups in total. The van der Waals surface area contributed by atoms with Gasteiger partial charge in [-0.25, -0.2) is 0 Å². The van der Waals surface area contributed by atoms with Gasteiger partial charge in [0.1, 0.15) is 0 Å². The number of nitrogens with zero attached hydrogens (tertiary/aromatic N) is 6. The second-order valence-electron chi connectivity index (χ2n) is 7.45. The Balaban J connectivity index is 1.58. The minimum atomic E-state index is -0.0822. The molecule has 144 valence electrons. The first-order chi connectivity index (χ1) is 12.3. The molecule has 1 amide bonds. The van der Waals surface area contributed by atoms with Crippen molar-refractivity contribution in [2.24, 2.45) is 0 Å². The molecule has 2 atom stereocenters. The number of carbonyl (C=O) groups is 1. The molecule has 0 spiro atoms. The van der Waals surface area contributed by atoms with E-state index in [2.05, 4.69) is 37.0 Å². The average molecular weight is 362 g/mol. The van der Waals surface area contributed by atoms with Crippen molar-refractivity contribution in [3.05, 3.63) is 5.82 Å². The van der Waals surface area contributed by atoms with E-state index >= 15 is 0 Å². The molecule has 1 saturated heterocycles. The lowest BCUT2D eigenvalue weighted by Gasteiger charge is -2.39. The number of rotatable bonds is 6. The second-order valence-corrected chi connectivity index (χ2v) is 7.45. The number of hydrogen-bond acceptors (Lipinski definition) is 8. The average Bonchev–Trinajstić information content (AvgIpc) is 3.44. The third kappa shape index (κ3) is 4.39. The SMILES string of the molecule is C[C@H](C(=O)NC1CC1)N1CCN([C@@H](C)c2nc(N)nc(N(C)C)n2)CC1. The van der Waals surface area contributed by atoms with Crippen LogP contribution in [-0.4, -0.2) is 83.0 Å². The summed E-state index contributed by atoms with van der Waals surface area (Å²) in [6.07, 6.45) is 2.24. The van der Waals surface area contributed by atoms with E-state index in [1.807, 2.05) is 25.9 Å². The number of nitrogens with two attached hydrogens (primary N) is 1. The number of amides is 1. The maximum Gasteiger partial charge on any atom is 0.237 e. The topological polar surface area (TPSA) is 104 Å². The Bertz CT molecular complexity index is 640. The molecule has 0 unspecified atom stereocenters. The lowest BCUT2D eigenvalue weighted by atomic mass is 10.1. The first-order valence-electron chi connectivity index (χ1n) is 9.32. The van der Waals surface area contributed by atoms with Gasteiger partial charge < -0.3 is 16.0 Å². The van der Waals surface area contributed by atoms with Gasteiger partial charge in [-0.15, -0.1) is 0 Å². The van der Waals surface area contributed by atoms with E-state index in [1.165, 1.54) is 0 Å². The molecule has 3 rings (SSSR count). The molecule has 0 radical (unpaired) electrons. The highest BCUT2D eigenvalue weighted by Gasteiger charge is 2.31. The van der Waals surface area contributed by atoms with Gasteiger partial charge in [-0.3, -0.25) is 14.6 Å². The number of hydrogen-bond donors (Lipinski definition) is 2. The fraction of sp³-hybridized carbons (Fsp3) is 0.765. The number of carbonyl (C=O) groups excluding carboxylic acids is 1. The summed E-state index contributed by atoms with van der Waals surface area (Å²) in [5, 5.41) is 3.09. The van der Waals surface area contributed by atoms with Crippen LogP contribution in [0.15, 0.2) is 0 Å². The van der Waals surface area contributed by atoms with Crippen LogP contribution in [0.3, 0.4) is 0 Å². The van der Waals surface area contributed by atoms with E-state index in [-0.39, 0.29) is 23.9 Å². The van der Waals surface area contributed by atoms with Crippen molar-refractivity contribution >= 4 is 17.8 Å². The van der Waals surface area contributed by atoms with Crippen molar-refractivity contribution in [2.45, 2.75) is 44.8 Å². The normalized spacial score (nSPS) is 21.2. The summed E-state index contributed by atoms with van der Waals surface area (Å²) in [5.74, 6) is 1.65. The largest absolute Gasteiger partial charge is 0.368 e. The first kappa shape index (κ1) is 18.8. The van der Waals surface area contributed by atoms with Gasteiger partial charge >= 0.3 is 0 Å². The summed E-state index contributed by atoms with van der Waals surface area (Å²) in [6, 6.07) is 0.379. The van der Waals surface area contributed by atoms with E-state index < -0.39 is 0 Å². The molecular formula is C17H30N8O. The van der Waals surface area contributed by atoms with Crippen molar-refractivity contribution < 1.29 is 4.79 Å². The second kappa shape index (κ2) is 7.71. The molecule has 1 aliphatic heterocycles. The number of piperazine rings is 1. The predicted molar refractivity (Wildman–Crippen MR) is 101 cm³/mol. The number of nitrogen functional groups attached to an aromatic ring is 1. The molecule has 1 aromatic heterocycles. The third-order valence-electron chi connectivity index (χ3n) is 5.18. The van der Waals surface area contributed by atoms with Gasteiger partial charge in [0.05, 0.1) is 12.1 Å². The van der Waals surface area contributed by atoms with Gasteiger partial charge in [-0.05, 0) is 26.7 Å². The quantitative estimate of drug-likeness (QED) is 0.721. The highest BCUT2D eigenvalue weighted by atomic mass is 16.2. The van der Waals surface area contributed by atoms with Gasteiger partial charge in [-0.2, -0.15) is 15.0 Å². The van der Waals surface area contributed by atoms with E-state index in [0.29, 0.717) is 17.8 Å². The van der Waals surface area contributed by atoms with Crippen molar-refractivity contribution in [2.75, 3.05) is 50.9 Å². The molecule has 0 aromatic carbocycles. The van der Waals surface area contributed by atoms with Crippen LogP contribution in [0.1, 0.15) is 38.6 Å². The van der Waals surface area contributed by atoms with Crippen LogP contribution in [0.4, 0.5) is 11.9 Å². The smallest absolute Gasteiger partial charge is 0.237 e. The molecule has 0 bridgehead atoms. The van der Waals surface area contributed by atoms with E-state index in [4.69, 9.17) is 5.73 Å². The Morgan fingerprint density at radius 1 is 1.12 bits per heavy atom. The lowest BCUT2D eigenvalue weighted by molar-refractivity contribution is -0.126. The van der Waals surface area contributed by atoms with Gasteiger partial charge in [-0.1, -0.05) is 0 Å². The van der Waals surface area contributed by atoms with Crippen molar-refractivity contribution in [3.8, 4) is 0 Å². The zero-order valence-electron chi connectivity index (χ0n) is 16.1. The molecule has 1 aliphatic carbocycles. The standard InChI is InChI=1S/C17H30N8O/c1-11(14-20-16(18)22-17(21-14)23(3)4)24-7-9-25(10-8-24)12(2)15(26)19-13-5-6-13/h11-13H,5-10H2,1-4H3,(H,19,26)(H2,18,20,21,22)/t11-,12+/m0/s1. The summed E-state index contributed by atoms with van der Waals surface area (Å²) < 4.78 is 0. The van der Waals surface area contributed by atoms with Gasteiger partial charge in [0.2, 0.25) is 17.8 Å². The van der Waals surface area contributed by atoms with Gasteiger partial charge in [0, 0.05) is 46.3 Å². The minimum Gasteiger partial charge on any atom is -0.368 e. The summed E-state index contributed by atoms with van der Waals surface area (Å²) >= 11 is 0. The van der Waals surface area contributed by atoms with E-state index in [1.54, 1.807) is 0 Å². The van der Waals surface area contributed by atoms with E-state index in [9.17, 15) is 4.79 Å². The van der Waals surface area contributed by atoms with Crippen molar-refractivity contribution in [1.82, 2.24) is 30.1 Å². The lowest BCUT2D eigenvalue weighted by Crippen LogP contribution is -2.54. The maximum absolute atomic E-state index is 12.3. The van der Waals surface area contributed by atoms with Crippen molar-refractivity contribution in [1.29, 1.82) is 0 Å². The summed E-state index contributed by atoms with van der Waals surface area (Å²) in [6.45, 7) is 7.52. The summed E-state index contributed by atoms with van der Waals surface area (Å²) in [4.78, 5) is 31.7. The molecule has 9 nitrogen and oxygen atoms in total. The Morgan fingerprint density at radius 3 is 2.31 bits per heavy atom. The number of anilines is 2. The van der Waals surface area contributed by atoms with Crippen LogP contribution in [-0.2, 0) is 4.79 Å². The molecule has 2 aliphatic rings. The molecule has 2 heterocycles. The Kier molecular flexibility index (Phi) is 5.57. The van der Waals surface area contributed by atoms with Crippen LogP contribution < -0.4 is 16.0 Å². The minimum absolute atomic E-state index is 0.0525. The van der Waals surface area contributed by atoms with Crippen molar-refractivity contribution in [3.63, 3.8) is 0 Å². The van der Waals surface area contributed by atoms with Crippen LogP contribution in [0, 0.1) is 0 Å². The Labute approximate surface area is 155 Å². The molecule has 1 aromatic rings. The molecule has 26 heavy (non-hydrogen) atoms. The number of aromatic nitrogens is 3. The first-order valence-corrected chi connectivity index (χ1v) is 9.32. The van der Waals surface area contributed by atoms with E-state index in [0.717, 1.165) is 39.0 Å². The highest BCUT2D eigenvalue weighted by Crippen LogP contribution is 2.22. The fourth-order valence-electron chi connectivity index (χ4n) is 3.17. The van der Waals surface area contributed by atoms with Gasteiger partial charge in [0.15, 0.2) is 5.82 Å². The van der Waals surface area contributed by atoms with Crippen LogP contribution in [0.25, 0.3) is 0 Å². The molecular weight excluding hydrogens is 332 g/mol. The fourth-order valence-corrected chi connectivity index (χ4v) is 3.17. The zero-order valence-corrected chi connectivity index (χ0v) is 16.1. The predicted octanol–water partition coefficient (Wildman–Crippen LogP) is -0.134. The van der Waals surface area contributed by atoms with Gasteiger partial charge in [0.25, 0.3) is 0 Å². The monoisotopic (exact) mass is 362 g/mol. The molecule has 2 fully saturated rings. The highest BCUT2D eigenvalue weighted by molar-refractivity contribution is 5.81. The Morgan fingerprint density at radius 2 is 1.73 bits per heavy atom. The molecule has 1 saturated carbocycles.